The fourth-order valence-corrected chi connectivity index (χ4v) is 5.18. The van der Waals surface area contributed by atoms with E-state index in [0.29, 0.717) is 0 Å². The minimum absolute atomic E-state index is 0.0652. The van der Waals surface area contributed by atoms with Crippen molar-refractivity contribution >= 4 is 26.6 Å². The molecule has 0 spiro atoms. The number of rotatable bonds is 4. The average molecular weight is 557 g/mol. The maximum Gasteiger partial charge on any atom is 0.378 e. The van der Waals surface area contributed by atoms with Crippen molar-refractivity contribution < 1.29 is 33.4 Å². The van der Waals surface area contributed by atoms with Crippen LogP contribution in [0.3, 0.4) is 0 Å². The third kappa shape index (κ3) is 5.51. The Morgan fingerprint density at radius 2 is 1.10 bits per heavy atom. The molecule has 0 saturated heterocycles. The van der Waals surface area contributed by atoms with E-state index in [9.17, 15) is 28.8 Å². The fourth-order valence-electron chi connectivity index (χ4n) is 4.48. The third-order valence-corrected chi connectivity index (χ3v) is 7.58. The zero-order valence-corrected chi connectivity index (χ0v) is 21.9. The highest BCUT2D eigenvalue weighted by atomic mass is 32.2. The number of fused-ring (bicyclic) bond motifs is 1. The predicted octanol–water partition coefficient (Wildman–Crippen LogP) is 5.80. The van der Waals surface area contributed by atoms with Gasteiger partial charge in [-0.15, -0.1) is 0 Å². The van der Waals surface area contributed by atoms with Crippen LogP contribution in [-0.2, 0) is 15.5 Å². The molecule has 0 aliphatic carbocycles. The first-order valence-corrected chi connectivity index (χ1v) is 13.3. The monoisotopic (exact) mass is 556 g/mol. The number of hydrogen-bond donors (Lipinski definition) is 4. The topological polar surface area (TPSA) is 166 Å². The quantitative estimate of drug-likeness (QED) is 0.122. The van der Waals surface area contributed by atoms with Gasteiger partial charge < -0.3 is 20.4 Å². The summed E-state index contributed by atoms with van der Waals surface area (Å²) < 4.78 is 31.2. The van der Waals surface area contributed by atoms with E-state index in [-0.39, 0.29) is 38.6 Å². The molecule has 5 aromatic rings. The van der Waals surface area contributed by atoms with Gasteiger partial charge in [-0.2, -0.15) is 8.42 Å². The molecule has 9 nitrogen and oxygen atoms in total. The molecule has 0 aromatic heterocycles. The summed E-state index contributed by atoms with van der Waals surface area (Å²) in [6, 6.07) is 27.7. The predicted molar refractivity (Wildman–Crippen MR) is 148 cm³/mol. The zero-order chi connectivity index (χ0) is 29.1. The lowest BCUT2D eigenvalue weighted by molar-refractivity contribution is -0.264. The van der Waals surface area contributed by atoms with Gasteiger partial charge >= 0.3 is 5.69 Å². The van der Waals surface area contributed by atoms with Gasteiger partial charge in [0, 0.05) is 16.9 Å². The van der Waals surface area contributed by atoms with Gasteiger partial charge in [0.05, 0.1) is 0 Å². The maximum absolute atomic E-state index is 11.7. The number of phenols is 3. The van der Waals surface area contributed by atoms with Crippen molar-refractivity contribution in [2.24, 2.45) is 0 Å². The number of nitrogens with zero attached hydrogens (tertiary/aromatic N) is 2. The Kier molecular flexibility index (Phi) is 7.63. The third-order valence-electron chi connectivity index (χ3n) is 6.67. The molecule has 202 valence electrons. The van der Waals surface area contributed by atoms with Crippen molar-refractivity contribution in [3.63, 3.8) is 0 Å². The van der Waals surface area contributed by atoms with E-state index in [0.717, 1.165) is 16.7 Å². The zero-order valence-electron chi connectivity index (χ0n) is 21.1. The van der Waals surface area contributed by atoms with E-state index in [1.165, 1.54) is 30.3 Å². The molecule has 0 bridgehead atoms. The lowest BCUT2D eigenvalue weighted by atomic mass is 9.71. The molecule has 4 N–H and O–H groups in total. The summed E-state index contributed by atoms with van der Waals surface area (Å²) in [6.07, 6.45) is 0. The summed E-state index contributed by atoms with van der Waals surface area (Å²) in [5.74, 6) is 0.0445. The van der Waals surface area contributed by atoms with Crippen molar-refractivity contribution in [2.75, 3.05) is 0 Å². The van der Waals surface area contributed by atoms with Crippen molar-refractivity contribution in [1.82, 2.24) is 0 Å². The summed E-state index contributed by atoms with van der Waals surface area (Å²) >= 11 is 0. The first-order chi connectivity index (χ1) is 18.9. The van der Waals surface area contributed by atoms with E-state index in [4.69, 9.17) is 9.95 Å². The largest absolute Gasteiger partial charge is 0.867 e. The Morgan fingerprint density at radius 3 is 1.48 bits per heavy atom. The van der Waals surface area contributed by atoms with E-state index in [2.05, 4.69) is 11.9 Å². The minimum atomic E-state index is -4.40. The SMILES string of the molecule is CC(c1ccc(O)cc1)(c1ccc(O)cc1)c1ccc(O)cc1.N#[N+]c1ccc2c(S(=O)(=O)O)cccc2c1[O-]. The molecule has 0 aliphatic heterocycles. The molecule has 10 heteroatoms. The lowest BCUT2D eigenvalue weighted by Gasteiger charge is -2.32. The number of hydrogen-bond acceptors (Lipinski definition) is 7. The van der Waals surface area contributed by atoms with Crippen LogP contribution in [0.25, 0.3) is 15.7 Å². The van der Waals surface area contributed by atoms with Crippen LogP contribution in [-0.4, -0.2) is 28.3 Å². The fraction of sp³-hybridized carbons (Fsp3) is 0.0667. The van der Waals surface area contributed by atoms with Gasteiger partial charge in [0.2, 0.25) is 5.39 Å². The van der Waals surface area contributed by atoms with Crippen LogP contribution >= 0.6 is 0 Å². The molecule has 0 amide bonds. The van der Waals surface area contributed by atoms with Crippen LogP contribution in [0.5, 0.6) is 23.0 Å². The number of benzene rings is 5. The van der Waals surface area contributed by atoms with E-state index in [1.54, 1.807) is 36.4 Å². The van der Waals surface area contributed by atoms with Crippen LogP contribution in [0.15, 0.2) is 108 Å². The van der Waals surface area contributed by atoms with Crippen molar-refractivity contribution in [1.29, 1.82) is 5.39 Å². The molecule has 0 atom stereocenters. The Morgan fingerprint density at radius 1 is 0.675 bits per heavy atom. The van der Waals surface area contributed by atoms with Crippen LogP contribution < -0.4 is 5.11 Å². The maximum atomic E-state index is 11.7. The Balaban J connectivity index is 0.000000194. The molecule has 0 saturated carbocycles. The molecular formula is C30H24N2O7S. The van der Waals surface area contributed by atoms with Crippen LogP contribution in [0.4, 0.5) is 5.69 Å². The van der Waals surface area contributed by atoms with Crippen LogP contribution in [0.2, 0.25) is 0 Å². The molecule has 0 heterocycles. The molecule has 0 unspecified atom stereocenters. The second kappa shape index (κ2) is 10.9. The molecule has 0 radical (unpaired) electrons. The highest BCUT2D eigenvalue weighted by molar-refractivity contribution is 7.86. The molecule has 5 rings (SSSR count). The first kappa shape index (κ1) is 27.9. The standard InChI is InChI=1S/C20H18O3.C10H6N2O4S/c1-20(14-2-8-17(21)9-3-14,15-4-10-18(22)11-5-15)16-6-12-19(23)13-7-16;11-12-8-5-4-6-7(10(8)13)2-1-3-9(6)17(14,15)16/h2-13,21-23H,1H3;1-5H,(H-,13,14,15,16). The molecule has 5 aromatic carbocycles. The van der Waals surface area contributed by atoms with Gasteiger partial charge in [0.15, 0.2) is 4.98 Å². The average Bonchev–Trinajstić information content (AvgIpc) is 2.94. The Hall–Kier alpha value is -5.11. The second-order valence-corrected chi connectivity index (χ2v) is 10.5. The van der Waals surface area contributed by atoms with Gasteiger partial charge in [0.1, 0.15) is 22.1 Å². The molecular weight excluding hydrogens is 532 g/mol. The number of diazo groups is 1. The van der Waals surface area contributed by atoms with Gasteiger partial charge in [-0.3, -0.25) is 4.55 Å². The number of aromatic hydroxyl groups is 3. The smallest absolute Gasteiger partial charge is 0.378 e. The van der Waals surface area contributed by atoms with E-state index in [1.807, 2.05) is 36.4 Å². The van der Waals surface area contributed by atoms with Crippen molar-refractivity contribution in [2.45, 2.75) is 17.2 Å². The van der Waals surface area contributed by atoms with Gasteiger partial charge in [0.25, 0.3) is 10.1 Å². The van der Waals surface area contributed by atoms with Gasteiger partial charge in [-0.05, 0) is 83.3 Å². The minimum Gasteiger partial charge on any atom is -0.867 e. The first-order valence-electron chi connectivity index (χ1n) is 11.9. The second-order valence-electron chi connectivity index (χ2n) is 9.11. The van der Waals surface area contributed by atoms with Gasteiger partial charge in [-0.1, -0.05) is 48.5 Å². The lowest BCUT2D eigenvalue weighted by Crippen LogP contribution is -2.25. The number of phenolic OH excluding ortho intramolecular Hbond substituents is 3. The highest BCUT2D eigenvalue weighted by Crippen LogP contribution is 2.40. The van der Waals surface area contributed by atoms with Gasteiger partial charge in [-0.25, -0.2) is 0 Å². The Bertz CT molecular complexity index is 1700. The highest BCUT2D eigenvalue weighted by Gasteiger charge is 2.31. The summed E-state index contributed by atoms with van der Waals surface area (Å²) in [7, 11) is -4.40. The van der Waals surface area contributed by atoms with Crippen LogP contribution in [0, 0.1) is 5.39 Å². The Labute approximate surface area is 230 Å². The van der Waals surface area contributed by atoms with Crippen LogP contribution in [0.1, 0.15) is 23.6 Å². The summed E-state index contributed by atoms with van der Waals surface area (Å²) in [5.41, 5.74) is 2.35. The van der Waals surface area contributed by atoms with Crippen molar-refractivity contribution in [3.8, 4) is 23.0 Å². The molecule has 0 aliphatic rings. The van der Waals surface area contributed by atoms with E-state index >= 15 is 0 Å². The van der Waals surface area contributed by atoms with E-state index < -0.39 is 21.3 Å². The molecule has 0 fully saturated rings. The summed E-state index contributed by atoms with van der Waals surface area (Å²) in [6.45, 7) is 2.08. The molecule has 40 heavy (non-hydrogen) atoms. The van der Waals surface area contributed by atoms with Crippen molar-refractivity contribution in [3.05, 3.63) is 125 Å². The summed E-state index contributed by atoms with van der Waals surface area (Å²) in [4.78, 5) is 2.44. The summed E-state index contributed by atoms with van der Waals surface area (Å²) in [5, 5.41) is 49.1. The normalized spacial score (nSPS) is 11.3.